The number of aromatic nitrogens is 3. The standard InChI is InChI=1S/C23H29N5O2/c1-16(2)28-22-18(15-24-28)14-21(17(3)25-22)23(29)27-11-5-10-26(12-13-27)19-6-8-20(30-4)9-7-19/h6-9,14-16H,5,10-13H2,1-4H3. The number of aryl methyl sites for hydroxylation is 1. The van der Waals surface area contributed by atoms with Crippen LogP contribution in [0.2, 0.25) is 0 Å². The summed E-state index contributed by atoms with van der Waals surface area (Å²) in [6.07, 6.45) is 2.73. The lowest BCUT2D eigenvalue weighted by Gasteiger charge is -2.24. The third-order valence-corrected chi connectivity index (χ3v) is 5.70. The lowest BCUT2D eigenvalue weighted by molar-refractivity contribution is 0.0766. The molecular formula is C23H29N5O2. The molecule has 3 aromatic rings. The van der Waals surface area contributed by atoms with E-state index in [4.69, 9.17) is 9.72 Å². The van der Waals surface area contributed by atoms with Crippen molar-refractivity contribution in [1.82, 2.24) is 19.7 Å². The average Bonchev–Trinajstić information content (AvgIpc) is 3.00. The van der Waals surface area contributed by atoms with E-state index in [2.05, 4.69) is 36.0 Å². The molecule has 0 saturated carbocycles. The molecule has 7 heteroatoms. The van der Waals surface area contributed by atoms with Crippen LogP contribution in [0.15, 0.2) is 36.5 Å². The van der Waals surface area contributed by atoms with E-state index in [1.54, 1.807) is 13.3 Å². The van der Waals surface area contributed by atoms with Gasteiger partial charge in [-0.3, -0.25) is 4.79 Å². The van der Waals surface area contributed by atoms with Gasteiger partial charge in [-0.2, -0.15) is 5.10 Å². The van der Waals surface area contributed by atoms with E-state index in [9.17, 15) is 4.79 Å². The number of fused-ring (bicyclic) bond motifs is 1. The van der Waals surface area contributed by atoms with Gasteiger partial charge in [0, 0.05) is 43.3 Å². The maximum absolute atomic E-state index is 13.3. The molecule has 4 rings (SSSR count). The molecule has 1 fully saturated rings. The Morgan fingerprint density at radius 2 is 1.87 bits per heavy atom. The molecule has 7 nitrogen and oxygen atoms in total. The molecule has 30 heavy (non-hydrogen) atoms. The first-order chi connectivity index (χ1) is 14.5. The fourth-order valence-corrected chi connectivity index (χ4v) is 4.00. The summed E-state index contributed by atoms with van der Waals surface area (Å²) in [5, 5.41) is 5.34. The Labute approximate surface area is 177 Å². The van der Waals surface area contributed by atoms with Crippen LogP contribution >= 0.6 is 0 Å². The molecule has 1 aliphatic heterocycles. The van der Waals surface area contributed by atoms with Crippen LogP contribution in [0.25, 0.3) is 11.0 Å². The highest BCUT2D eigenvalue weighted by molar-refractivity contribution is 5.98. The number of carbonyl (C=O) groups excluding carboxylic acids is 1. The highest BCUT2D eigenvalue weighted by Crippen LogP contribution is 2.23. The van der Waals surface area contributed by atoms with Gasteiger partial charge in [-0.1, -0.05) is 0 Å². The van der Waals surface area contributed by atoms with Gasteiger partial charge < -0.3 is 14.5 Å². The third-order valence-electron chi connectivity index (χ3n) is 5.70. The number of anilines is 1. The number of amides is 1. The molecule has 0 atom stereocenters. The van der Waals surface area contributed by atoms with Crippen LogP contribution < -0.4 is 9.64 Å². The second-order valence-corrected chi connectivity index (χ2v) is 8.05. The number of ether oxygens (including phenoxy) is 1. The Morgan fingerprint density at radius 3 is 2.57 bits per heavy atom. The summed E-state index contributed by atoms with van der Waals surface area (Å²) >= 11 is 0. The molecule has 1 amide bonds. The summed E-state index contributed by atoms with van der Waals surface area (Å²) in [4.78, 5) is 22.3. The summed E-state index contributed by atoms with van der Waals surface area (Å²) in [5.41, 5.74) is 3.42. The van der Waals surface area contributed by atoms with Crippen LogP contribution in [0.3, 0.4) is 0 Å². The van der Waals surface area contributed by atoms with Gasteiger partial charge in [0.05, 0.1) is 24.6 Å². The van der Waals surface area contributed by atoms with E-state index in [-0.39, 0.29) is 11.9 Å². The number of carbonyl (C=O) groups is 1. The summed E-state index contributed by atoms with van der Waals surface area (Å²) in [6, 6.07) is 10.3. The molecule has 2 aromatic heterocycles. The van der Waals surface area contributed by atoms with E-state index < -0.39 is 0 Å². The maximum Gasteiger partial charge on any atom is 0.255 e. The number of methoxy groups -OCH3 is 1. The van der Waals surface area contributed by atoms with Crippen molar-refractivity contribution in [2.24, 2.45) is 0 Å². The Morgan fingerprint density at radius 1 is 1.10 bits per heavy atom. The third kappa shape index (κ3) is 3.84. The zero-order valence-electron chi connectivity index (χ0n) is 18.1. The minimum absolute atomic E-state index is 0.0516. The van der Waals surface area contributed by atoms with Crippen molar-refractivity contribution in [3.63, 3.8) is 0 Å². The Bertz CT molecular complexity index is 1040. The average molecular weight is 408 g/mol. The quantitative estimate of drug-likeness (QED) is 0.660. The predicted octanol–water partition coefficient (Wildman–Crippen LogP) is 3.68. The first kappa shape index (κ1) is 20.2. The lowest BCUT2D eigenvalue weighted by atomic mass is 10.1. The van der Waals surface area contributed by atoms with Crippen molar-refractivity contribution < 1.29 is 9.53 Å². The number of pyridine rings is 1. The highest BCUT2D eigenvalue weighted by atomic mass is 16.5. The minimum atomic E-state index is 0.0516. The molecule has 0 unspecified atom stereocenters. The van der Waals surface area contributed by atoms with E-state index in [1.165, 1.54) is 0 Å². The van der Waals surface area contributed by atoms with Gasteiger partial charge in [-0.15, -0.1) is 0 Å². The van der Waals surface area contributed by atoms with Gasteiger partial charge in [0.15, 0.2) is 5.65 Å². The topological polar surface area (TPSA) is 63.5 Å². The SMILES string of the molecule is COc1ccc(N2CCCN(C(=O)c3cc4cnn(C(C)C)c4nc3C)CC2)cc1. The first-order valence-electron chi connectivity index (χ1n) is 10.5. The van der Waals surface area contributed by atoms with Gasteiger partial charge in [-0.25, -0.2) is 9.67 Å². The van der Waals surface area contributed by atoms with Crippen LogP contribution in [-0.4, -0.2) is 58.9 Å². The molecule has 0 aliphatic carbocycles. The summed E-state index contributed by atoms with van der Waals surface area (Å²) in [7, 11) is 1.67. The van der Waals surface area contributed by atoms with Crippen molar-refractivity contribution in [2.75, 3.05) is 38.2 Å². The Balaban J connectivity index is 1.51. The molecule has 0 spiro atoms. The fraction of sp³-hybridized carbons (Fsp3) is 0.435. The number of hydrogen-bond donors (Lipinski definition) is 0. The zero-order valence-corrected chi connectivity index (χ0v) is 18.1. The summed E-state index contributed by atoms with van der Waals surface area (Å²) in [6.45, 7) is 9.22. The van der Waals surface area contributed by atoms with E-state index in [0.29, 0.717) is 12.1 Å². The highest BCUT2D eigenvalue weighted by Gasteiger charge is 2.23. The van der Waals surface area contributed by atoms with Crippen LogP contribution in [0.1, 0.15) is 42.4 Å². The van der Waals surface area contributed by atoms with Gasteiger partial charge in [0.1, 0.15) is 5.75 Å². The molecule has 1 saturated heterocycles. The van der Waals surface area contributed by atoms with Gasteiger partial charge in [0.2, 0.25) is 0 Å². The van der Waals surface area contributed by atoms with E-state index in [0.717, 1.165) is 54.2 Å². The molecule has 0 bridgehead atoms. The molecule has 1 aliphatic rings. The number of hydrogen-bond acceptors (Lipinski definition) is 5. The molecule has 0 radical (unpaired) electrons. The van der Waals surface area contributed by atoms with Crippen LogP contribution in [0.5, 0.6) is 5.75 Å². The van der Waals surface area contributed by atoms with Crippen molar-refractivity contribution in [2.45, 2.75) is 33.2 Å². The van der Waals surface area contributed by atoms with E-state index in [1.807, 2.05) is 34.7 Å². The molecule has 1 aromatic carbocycles. The molecular weight excluding hydrogens is 378 g/mol. The van der Waals surface area contributed by atoms with Gasteiger partial charge >= 0.3 is 0 Å². The van der Waals surface area contributed by atoms with Crippen molar-refractivity contribution in [3.05, 3.63) is 47.8 Å². The normalized spacial score (nSPS) is 15.0. The Kier molecular flexibility index (Phi) is 5.61. The molecule has 0 N–H and O–H groups in total. The smallest absolute Gasteiger partial charge is 0.255 e. The van der Waals surface area contributed by atoms with Crippen molar-refractivity contribution in [3.8, 4) is 5.75 Å². The van der Waals surface area contributed by atoms with Crippen molar-refractivity contribution in [1.29, 1.82) is 0 Å². The number of nitrogens with zero attached hydrogens (tertiary/aromatic N) is 5. The lowest BCUT2D eigenvalue weighted by Crippen LogP contribution is -2.35. The second-order valence-electron chi connectivity index (χ2n) is 8.05. The summed E-state index contributed by atoms with van der Waals surface area (Å²) in [5.74, 6) is 0.903. The molecule has 3 heterocycles. The maximum atomic E-state index is 13.3. The van der Waals surface area contributed by atoms with Gasteiger partial charge in [-0.05, 0) is 57.5 Å². The molecule has 158 valence electrons. The second kappa shape index (κ2) is 8.34. The van der Waals surface area contributed by atoms with Crippen LogP contribution in [0, 0.1) is 6.92 Å². The number of benzene rings is 1. The zero-order chi connectivity index (χ0) is 21.3. The largest absolute Gasteiger partial charge is 0.497 e. The Hall–Kier alpha value is -3.09. The van der Waals surface area contributed by atoms with E-state index >= 15 is 0 Å². The van der Waals surface area contributed by atoms with Crippen LogP contribution in [-0.2, 0) is 0 Å². The van der Waals surface area contributed by atoms with Crippen LogP contribution in [0.4, 0.5) is 5.69 Å². The fourth-order valence-electron chi connectivity index (χ4n) is 4.00. The summed E-state index contributed by atoms with van der Waals surface area (Å²) < 4.78 is 7.15. The monoisotopic (exact) mass is 407 g/mol. The van der Waals surface area contributed by atoms with Gasteiger partial charge in [0.25, 0.3) is 5.91 Å². The van der Waals surface area contributed by atoms with Crippen molar-refractivity contribution >= 4 is 22.6 Å². The predicted molar refractivity (Wildman–Crippen MR) is 118 cm³/mol. The number of rotatable bonds is 4. The minimum Gasteiger partial charge on any atom is -0.497 e. The first-order valence-corrected chi connectivity index (χ1v) is 10.5.